The van der Waals surface area contributed by atoms with E-state index in [1.54, 1.807) is 30.3 Å². The van der Waals surface area contributed by atoms with Gasteiger partial charge in [-0.1, -0.05) is 41.7 Å². The van der Waals surface area contributed by atoms with Crippen LogP contribution in [0.3, 0.4) is 0 Å². The van der Waals surface area contributed by atoms with Gasteiger partial charge in [0.05, 0.1) is 28.3 Å². The number of amides is 1. The summed E-state index contributed by atoms with van der Waals surface area (Å²) < 4.78 is 11.2. The van der Waals surface area contributed by atoms with E-state index in [-0.39, 0.29) is 5.91 Å². The maximum Gasteiger partial charge on any atom is 0.255 e. The Morgan fingerprint density at radius 1 is 1.00 bits per heavy atom. The molecular formula is C18H18Cl3NO3. The predicted octanol–water partition coefficient (Wildman–Crippen LogP) is 6.09. The second-order valence-electron chi connectivity index (χ2n) is 5.15. The Morgan fingerprint density at radius 3 is 2.40 bits per heavy atom. The molecule has 0 radical (unpaired) electrons. The number of carbonyl (C=O) groups excluding carboxylic acids is 1. The van der Waals surface area contributed by atoms with E-state index < -0.39 is 0 Å². The van der Waals surface area contributed by atoms with Gasteiger partial charge in [0, 0.05) is 11.3 Å². The minimum Gasteiger partial charge on any atom is -0.490 e. The third kappa shape index (κ3) is 5.18. The lowest BCUT2D eigenvalue weighted by molar-refractivity contribution is 0.102. The van der Waals surface area contributed by atoms with Crippen LogP contribution in [0.2, 0.25) is 15.1 Å². The van der Waals surface area contributed by atoms with Gasteiger partial charge in [0.2, 0.25) is 0 Å². The predicted molar refractivity (Wildman–Crippen MR) is 103 cm³/mol. The molecule has 1 amide bonds. The molecule has 7 heteroatoms. The number of nitrogens with one attached hydrogen (secondary N) is 1. The zero-order chi connectivity index (χ0) is 18.4. The Labute approximate surface area is 162 Å². The van der Waals surface area contributed by atoms with E-state index in [1.807, 2.05) is 13.8 Å². The first-order chi connectivity index (χ1) is 12.0. The van der Waals surface area contributed by atoms with E-state index >= 15 is 0 Å². The Morgan fingerprint density at radius 2 is 1.76 bits per heavy atom. The average Bonchev–Trinajstić information content (AvgIpc) is 2.57. The monoisotopic (exact) mass is 401 g/mol. The zero-order valence-corrected chi connectivity index (χ0v) is 16.1. The Bertz CT molecular complexity index is 765. The van der Waals surface area contributed by atoms with Crippen LogP contribution in [0.25, 0.3) is 0 Å². The van der Waals surface area contributed by atoms with Crippen LogP contribution in [0.1, 0.15) is 30.6 Å². The summed E-state index contributed by atoms with van der Waals surface area (Å²) in [6, 6.07) is 8.00. The third-order valence-electron chi connectivity index (χ3n) is 3.20. The van der Waals surface area contributed by atoms with Crippen molar-refractivity contribution in [3.05, 3.63) is 51.0 Å². The first kappa shape index (κ1) is 19.7. The summed E-state index contributed by atoms with van der Waals surface area (Å²) in [5, 5.41) is 3.84. The molecule has 0 saturated heterocycles. The summed E-state index contributed by atoms with van der Waals surface area (Å²) in [4.78, 5) is 12.5. The smallest absolute Gasteiger partial charge is 0.255 e. The number of carbonyl (C=O) groups is 1. The highest BCUT2D eigenvalue weighted by Crippen LogP contribution is 2.37. The molecule has 2 aromatic carbocycles. The van der Waals surface area contributed by atoms with Crippen molar-refractivity contribution in [1.29, 1.82) is 0 Å². The van der Waals surface area contributed by atoms with E-state index in [4.69, 9.17) is 44.3 Å². The van der Waals surface area contributed by atoms with Gasteiger partial charge in [-0.15, -0.1) is 0 Å². The molecule has 1 N–H and O–H groups in total. The van der Waals surface area contributed by atoms with Crippen LogP contribution >= 0.6 is 34.8 Å². The lowest BCUT2D eigenvalue weighted by atomic mass is 10.1. The van der Waals surface area contributed by atoms with Gasteiger partial charge in [0.1, 0.15) is 0 Å². The maximum absolute atomic E-state index is 12.5. The van der Waals surface area contributed by atoms with E-state index in [0.29, 0.717) is 51.0 Å². The topological polar surface area (TPSA) is 47.6 Å². The fraction of sp³-hybridized carbons (Fsp3) is 0.278. The van der Waals surface area contributed by atoms with E-state index in [9.17, 15) is 4.79 Å². The van der Waals surface area contributed by atoms with Crippen molar-refractivity contribution in [3.63, 3.8) is 0 Å². The van der Waals surface area contributed by atoms with Crippen molar-refractivity contribution in [2.45, 2.75) is 20.3 Å². The van der Waals surface area contributed by atoms with Crippen LogP contribution in [0.15, 0.2) is 30.3 Å². The lowest BCUT2D eigenvalue weighted by Gasteiger charge is -2.15. The quantitative estimate of drug-likeness (QED) is 0.610. The van der Waals surface area contributed by atoms with Gasteiger partial charge in [0.25, 0.3) is 5.91 Å². The number of rotatable bonds is 7. The molecule has 0 fully saturated rings. The first-order valence-electron chi connectivity index (χ1n) is 7.81. The molecule has 0 saturated carbocycles. The first-order valence-corrected chi connectivity index (χ1v) is 8.95. The Hall–Kier alpha value is -1.62. The summed E-state index contributed by atoms with van der Waals surface area (Å²) in [6.07, 6.45) is 0.835. The van der Waals surface area contributed by atoms with Crippen LogP contribution < -0.4 is 14.8 Å². The highest BCUT2D eigenvalue weighted by Gasteiger charge is 2.16. The van der Waals surface area contributed by atoms with Crippen molar-refractivity contribution >= 4 is 46.4 Å². The molecule has 0 spiro atoms. The number of ether oxygens (including phenoxy) is 2. The molecule has 0 heterocycles. The van der Waals surface area contributed by atoms with Crippen LogP contribution in [0.4, 0.5) is 5.69 Å². The molecule has 0 atom stereocenters. The zero-order valence-electron chi connectivity index (χ0n) is 13.9. The van der Waals surface area contributed by atoms with Crippen molar-refractivity contribution in [3.8, 4) is 11.5 Å². The molecule has 0 bridgehead atoms. The summed E-state index contributed by atoms with van der Waals surface area (Å²) in [5.41, 5.74) is 0.878. The Kier molecular flexibility index (Phi) is 7.24. The molecule has 0 aliphatic heterocycles. The molecule has 4 nitrogen and oxygen atoms in total. The number of benzene rings is 2. The van der Waals surface area contributed by atoms with Gasteiger partial charge in [-0.25, -0.2) is 0 Å². The standard InChI is InChI=1S/C18H18Cl3NO3/c1-3-7-25-17-15(21)8-11(9-16(17)24-4-2)18(23)22-12-5-6-13(19)14(20)10-12/h5-6,8-10H,3-4,7H2,1-2H3,(H,22,23). The SMILES string of the molecule is CCCOc1c(Cl)cc(C(=O)Nc2ccc(Cl)c(Cl)c2)cc1OCC. The summed E-state index contributed by atoms with van der Waals surface area (Å²) in [5.74, 6) is 0.530. The average molecular weight is 403 g/mol. The van der Waals surface area contributed by atoms with E-state index in [0.717, 1.165) is 6.42 Å². The maximum atomic E-state index is 12.5. The molecule has 2 aromatic rings. The number of anilines is 1. The van der Waals surface area contributed by atoms with Crippen molar-refractivity contribution < 1.29 is 14.3 Å². The minimum atomic E-state index is -0.344. The summed E-state index contributed by atoms with van der Waals surface area (Å²) >= 11 is 18.1. The second-order valence-corrected chi connectivity index (χ2v) is 6.37. The summed E-state index contributed by atoms with van der Waals surface area (Å²) in [7, 11) is 0. The molecular weight excluding hydrogens is 385 g/mol. The third-order valence-corrected chi connectivity index (χ3v) is 4.22. The lowest BCUT2D eigenvalue weighted by Crippen LogP contribution is -2.13. The van der Waals surface area contributed by atoms with Gasteiger partial charge in [0.15, 0.2) is 11.5 Å². The Balaban J connectivity index is 2.27. The van der Waals surface area contributed by atoms with Crippen LogP contribution in [-0.4, -0.2) is 19.1 Å². The van der Waals surface area contributed by atoms with Crippen molar-refractivity contribution in [2.75, 3.05) is 18.5 Å². The fourth-order valence-electron chi connectivity index (χ4n) is 2.08. The number of hydrogen-bond acceptors (Lipinski definition) is 3. The van der Waals surface area contributed by atoms with Gasteiger partial charge in [-0.2, -0.15) is 0 Å². The van der Waals surface area contributed by atoms with Gasteiger partial charge in [-0.3, -0.25) is 4.79 Å². The normalized spacial score (nSPS) is 10.4. The van der Waals surface area contributed by atoms with E-state index in [2.05, 4.69) is 5.32 Å². The van der Waals surface area contributed by atoms with Crippen LogP contribution in [-0.2, 0) is 0 Å². The molecule has 0 unspecified atom stereocenters. The molecule has 0 aliphatic carbocycles. The molecule has 25 heavy (non-hydrogen) atoms. The van der Waals surface area contributed by atoms with Gasteiger partial charge < -0.3 is 14.8 Å². The second kappa shape index (κ2) is 9.18. The molecule has 134 valence electrons. The fourth-order valence-corrected chi connectivity index (χ4v) is 2.65. The van der Waals surface area contributed by atoms with Crippen molar-refractivity contribution in [1.82, 2.24) is 0 Å². The highest BCUT2D eigenvalue weighted by atomic mass is 35.5. The van der Waals surface area contributed by atoms with E-state index in [1.165, 1.54) is 0 Å². The highest BCUT2D eigenvalue weighted by molar-refractivity contribution is 6.42. The number of hydrogen-bond donors (Lipinski definition) is 1. The van der Waals surface area contributed by atoms with Crippen molar-refractivity contribution in [2.24, 2.45) is 0 Å². The molecule has 2 rings (SSSR count). The largest absolute Gasteiger partial charge is 0.490 e. The van der Waals surface area contributed by atoms with Gasteiger partial charge >= 0.3 is 0 Å². The van der Waals surface area contributed by atoms with Gasteiger partial charge in [-0.05, 0) is 43.7 Å². The minimum absolute atomic E-state index is 0.318. The van der Waals surface area contributed by atoms with Crippen LogP contribution in [0.5, 0.6) is 11.5 Å². The summed E-state index contributed by atoms with van der Waals surface area (Å²) in [6.45, 7) is 4.78. The number of halogens is 3. The molecule has 0 aliphatic rings. The molecule has 0 aromatic heterocycles. The van der Waals surface area contributed by atoms with Crippen LogP contribution in [0, 0.1) is 0 Å².